The average molecular weight is 217 g/mol. The lowest BCUT2D eigenvalue weighted by atomic mass is 9.96. The molecule has 0 aromatic heterocycles. The van der Waals surface area contributed by atoms with Crippen LogP contribution in [-0.2, 0) is 0 Å². The summed E-state index contributed by atoms with van der Waals surface area (Å²) in [7, 11) is 0. The van der Waals surface area contributed by atoms with Crippen LogP contribution < -0.4 is 0 Å². The van der Waals surface area contributed by atoms with E-state index in [1.165, 1.54) is 16.7 Å². The van der Waals surface area contributed by atoms with Gasteiger partial charge in [-0.15, -0.1) is 0 Å². The smallest absolute Gasteiger partial charge is 0.0558 e. The average Bonchev–Trinajstić information content (AvgIpc) is 2.31. The number of hydrogen-bond acceptors (Lipinski definition) is 2. The van der Waals surface area contributed by atoms with Crippen LogP contribution >= 0.6 is 0 Å². The predicted molar refractivity (Wildman–Crippen MR) is 67.3 cm³/mol. The zero-order valence-electron chi connectivity index (χ0n) is 9.82. The van der Waals surface area contributed by atoms with Crippen LogP contribution in [0, 0.1) is 6.92 Å². The van der Waals surface area contributed by atoms with Gasteiger partial charge in [-0.05, 0) is 30.0 Å². The molecule has 16 heavy (non-hydrogen) atoms. The van der Waals surface area contributed by atoms with E-state index in [-0.39, 0.29) is 6.61 Å². The molecule has 0 saturated carbocycles. The Kier molecular flexibility index (Phi) is 3.75. The van der Waals surface area contributed by atoms with Gasteiger partial charge in [-0.3, -0.25) is 4.90 Å². The molecule has 0 saturated heterocycles. The Balaban J connectivity index is 2.10. The maximum absolute atomic E-state index is 8.88. The van der Waals surface area contributed by atoms with Crippen LogP contribution in [-0.4, -0.2) is 36.2 Å². The van der Waals surface area contributed by atoms with Crippen molar-refractivity contribution in [3.05, 3.63) is 41.5 Å². The van der Waals surface area contributed by atoms with Gasteiger partial charge in [-0.25, -0.2) is 0 Å². The zero-order chi connectivity index (χ0) is 11.4. The summed E-state index contributed by atoms with van der Waals surface area (Å²) in [4.78, 5) is 2.28. The summed E-state index contributed by atoms with van der Waals surface area (Å²) < 4.78 is 0. The van der Waals surface area contributed by atoms with Crippen molar-refractivity contribution in [2.45, 2.75) is 13.3 Å². The topological polar surface area (TPSA) is 23.5 Å². The first-order chi connectivity index (χ1) is 7.81. The van der Waals surface area contributed by atoms with Gasteiger partial charge in [0.1, 0.15) is 0 Å². The minimum atomic E-state index is 0.257. The zero-order valence-corrected chi connectivity index (χ0v) is 9.82. The molecule has 1 aromatic rings. The number of hydrogen-bond donors (Lipinski definition) is 1. The molecule has 86 valence electrons. The standard InChI is InChI=1S/C14H19NO/c1-12-4-2-3-5-14(12)13-6-8-15(9-7-13)10-11-16/h2-6,16H,7-11H2,1H3. The van der Waals surface area contributed by atoms with Crippen LogP contribution in [0.25, 0.3) is 5.57 Å². The van der Waals surface area contributed by atoms with Crippen LogP contribution in [0.5, 0.6) is 0 Å². The molecule has 1 aliphatic rings. The summed E-state index contributed by atoms with van der Waals surface area (Å²) in [6, 6.07) is 8.54. The molecule has 1 aliphatic heterocycles. The molecule has 0 aliphatic carbocycles. The molecule has 1 N–H and O–H groups in total. The SMILES string of the molecule is Cc1ccccc1C1=CCN(CCO)CC1. The Bertz CT molecular complexity index is 384. The molecule has 1 aromatic carbocycles. The number of nitrogens with zero attached hydrogens (tertiary/aromatic N) is 1. The van der Waals surface area contributed by atoms with Crippen molar-refractivity contribution >= 4 is 5.57 Å². The van der Waals surface area contributed by atoms with Gasteiger partial charge in [-0.2, -0.15) is 0 Å². The maximum Gasteiger partial charge on any atom is 0.0558 e. The first kappa shape index (κ1) is 11.4. The van der Waals surface area contributed by atoms with Crippen molar-refractivity contribution in [3.63, 3.8) is 0 Å². The van der Waals surface area contributed by atoms with E-state index in [0.717, 1.165) is 26.1 Å². The minimum absolute atomic E-state index is 0.257. The summed E-state index contributed by atoms with van der Waals surface area (Å²) in [6.45, 7) is 5.23. The van der Waals surface area contributed by atoms with Crippen LogP contribution in [0.3, 0.4) is 0 Å². The molecule has 2 heteroatoms. The fourth-order valence-corrected chi connectivity index (χ4v) is 2.23. The van der Waals surface area contributed by atoms with Crippen molar-refractivity contribution in [1.29, 1.82) is 0 Å². The van der Waals surface area contributed by atoms with Gasteiger partial charge in [0.15, 0.2) is 0 Å². The van der Waals surface area contributed by atoms with Crippen molar-refractivity contribution in [2.24, 2.45) is 0 Å². The Morgan fingerprint density at radius 2 is 2.12 bits per heavy atom. The highest BCUT2D eigenvalue weighted by molar-refractivity contribution is 5.69. The van der Waals surface area contributed by atoms with E-state index in [4.69, 9.17) is 5.11 Å². The maximum atomic E-state index is 8.88. The molecule has 0 bridgehead atoms. The normalized spacial score (nSPS) is 17.2. The highest BCUT2D eigenvalue weighted by atomic mass is 16.3. The second kappa shape index (κ2) is 5.28. The number of benzene rings is 1. The second-order valence-corrected chi connectivity index (χ2v) is 4.32. The molecule has 1 heterocycles. The van der Waals surface area contributed by atoms with E-state index < -0.39 is 0 Å². The minimum Gasteiger partial charge on any atom is -0.395 e. The Labute approximate surface area is 97.2 Å². The van der Waals surface area contributed by atoms with Gasteiger partial charge < -0.3 is 5.11 Å². The quantitative estimate of drug-likeness (QED) is 0.838. The van der Waals surface area contributed by atoms with Crippen LogP contribution in [0.1, 0.15) is 17.5 Å². The molecule has 2 rings (SSSR count). The number of aliphatic hydroxyl groups is 1. The van der Waals surface area contributed by atoms with E-state index in [9.17, 15) is 0 Å². The Hall–Kier alpha value is -1.12. The summed E-state index contributed by atoms with van der Waals surface area (Å²) >= 11 is 0. The summed E-state index contributed by atoms with van der Waals surface area (Å²) in [5.41, 5.74) is 4.18. The highest BCUT2D eigenvalue weighted by Crippen LogP contribution is 2.24. The van der Waals surface area contributed by atoms with Gasteiger partial charge in [0, 0.05) is 19.6 Å². The van der Waals surface area contributed by atoms with Gasteiger partial charge in [-0.1, -0.05) is 30.3 Å². The molecular weight excluding hydrogens is 198 g/mol. The van der Waals surface area contributed by atoms with Gasteiger partial charge in [0.25, 0.3) is 0 Å². The summed E-state index contributed by atoms with van der Waals surface area (Å²) in [5.74, 6) is 0. The van der Waals surface area contributed by atoms with E-state index in [2.05, 4.69) is 42.2 Å². The predicted octanol–water partition coefficient (Wildman–Crippen LogP) is 2.08. The number of aryl methyl sites for hydroxylation is 1. The molecule has 2 nitrogen and oxygen atoms in total. The van der Waals surface area contributed by atoms with Crippen molar-refractivity contribution in [3.8, 4) is 0 Å². The van der Waals surface area contributed by atoms with Crippen molar-refractivity contribution in [2.75, 3.05) is 26.2 Å². The van der Waals surface area contributed by atoms with Gasteiger partial charge >= 0.3 is 0 Å². The lowest BCUT2D eigenvalue weighted by Crippen LogP contribution is -2.31. The number of aliphatic hydroxyl groups excluding tert-OH is 1. The second-order valence-electron chi connectivity index (χ2n) is 4.32. The van der Waals surface area contributed by atoms with Crippen molar-refractivity contribution < 1.29 is 5.11 Å². The third-order valence-corrected chi connectivity index (χ3v) is 3.20. The molecule has 0 radical (unpaired) electrons. The fourth-order valence-electron chi connectivity index (χ4n) is 2.23. The van der Waals surface area contributed by atoms with E-state index in [0.29, 0.717) is 0 Å². The van der Waals surface area contributed by atoms with Gasteiger partial charge in [0.2, 0.25) is 0 Å². The van der Waals surface area contributed by atoms with Gasteiger partial charge in [0.05, 0.1) is 6.61 Å². The number of β-amino-alcohol motifs (C(OH)–C–C–N with tert-alkyl or cyclic N) is 1. The molecule has 0 unspecified atom stereocenters. The Morgan fingerprint density at radius 1 is 1.31 bits per heavy atom. The Morgan fingerprint density at radius 3 is 2.75 bits per heavy atom. The lowest BCUT2D eigenvalue weighted by Gasteiger charge is -2.26. The summed E-state index contributed by atoms with van der Waals surface area (Å²) in [6.07, 6.45) is 3.38. The molecule has 0 fully saturated rings. The van der Waals surface area contributed by atoms with E-state index in [1.807, 2.05) is 0 Å². The molecule has 0 atom stereocenters. The van der Waals surface area contributed by atoms with E-state index >= 15 is 0 Å². The molecular formula is C14H19NO. The third kappa shape index (κ3) is 2.52. The van der Waals surface area contributed by atoms with Crippen molar-refractivity contribution in [1.82, 2.24) is 4.90 Å². The summed E-state index contributed by atoms with van der Waals surface area (Å²) in [5, 5.41) is 8.88. The van der Waals surface area contributed by atoms with Crippen LogP contribution in [0.2, 0.25) is 0 Å². The third-order valence-electron chi connectivity index (χ3n) is 3.20. The van der Waals surface area contributed by atoms with Crippen LogP contribution in [0.4, 0.5) is 0 Å². The fraction of sp³-hybridized carbons (Fsp3) is 0.429. The first-order valence-corrected chi connectivity index (χ1v) is 5.89. The molecule has 0 spiro atoms. The number of rotatable bonds is 3. The van der Waals surface area contributed by atoms with E-state index in [1.54, 1.807) is 0 Å². The first-order valence-electron chi connectivity index (χ1n) is 5.89. The van der Waals surface area contributed by atoms with Crippen LogP contribution in [0.15, 0.2) is 30.3 Å². The monoisotopic (exact) mass is 217 g/mol. The lowest BCUT2D eigenvalue weighted by molar-refractivity contribution is 0.208. The largest absolute Gasteiger partial charge is 0.395 e. The molecule has 0 amide bonds. The highest BCUT2D eigenvalue weighted by Gasteiger charge is 2.12.